The third-order valence-electron chi connectivity index (χ3n) is 4.13. The maximum absolute atomic E-state index is 12.2. The SMILES string of the molecule is O=C(NCCc1ccc(O)cc1)C1CCCCCCC1. The average molecular weight is 275 g/mol. The zero-order chi connectivity index (χ0) is 14.2. The Balaban J connectivity index is 1.72. The van der Waals surface area contributed by atoms with Crippen LogP contribution >= 0.6 is 0 Å². The highest BCUT2D eigenvalue weighted by molar-refractivity contribution is 5.78. The summed E-state index contributed by atoms with van der Waals surface area (Å²) in [5, 5.41) is 12.3. The minimum absolute atomic E-state index is 0.218. The number of hydrogen-bond donors (Lipinski definition) is 2. The zero-order valence-corrected chi connectivity index (χ0v) is 12.1. The molecule has 3 heteroatoms. The second kappa shape index (κ2) is 7.93. The van der Waals surface area contributed by atoms with E-state index in [9.17, 15) is 9.90 Å². The van der Waals surface area contributed by atoms with Crippen molar-refractivity contribution in [3.8, 4) is 5.75 Å². The van der Waals surface area contributed by atoms with E-state index >= 15 is 0 Å². The molecule has 0 atom stereocenters. The molecule has 1 amide bonds. The van der Waals surface area contributed by atoms with Crippen LogP contribution in [-0.2, 0) is 11.2 Å². The monoisotopic (exact) mass is 275 g/mol. The maximum Gasteiger partial charge on any atom is 0.223 e. The molecule has 1 aliphatic carbocycles. The van der Waals surface area contributed by atoms with Crippen molar-refractivity contribution in [3.05, 3.63) is 29.8 Å². The Morgan fingerprint density at radius 3 is 2.30 bits per heavy atom. The van der Waals surface area contributed by atoms with E-state index in [4.69, 9.17) is 0 Å². The van der Waals surface area contributed by atoms with Crippen LogP contribution in [0.3, 0.4) is 0 Å². The Kier molecular flexibility index (Phi) is 5.90. The molecule has 0 bridgehead atoms. The quantitative estimate of drug-likeness (QED) is 0.884. The molecular formula is C17H25NO2. The molecule has 1 aliphatic rings. The van der Waals surface area contributed by atoms with E-state index in [1.165, 1.54) is 32.1 Å². The van der Waals surface area contributed by atoms with Crippen LogP contribution in [0, 0.1) is 5.92 Å². The molecule has 0 aliphatic heterocycles. The first kappa shape index (κ1) is 14.9. The summed E-state index contributed by atoms with van der Waals surface area (Å²) < 4.78 is 0. The lowest BCUT2D eigenvalue weighted by Crippen LogP contribution is -2.32. The van der Waals surface area contributed by atoms with Crippen molar-refractivity contribution >= 4 is 5.91 Å². The summed E-state index contributed by atoms with van der Waals surface area (Å²) in [4.78, 5) is 12.2. The summed E-state index contributed by atoms with van der Waals surface area (Å²) in [6.45, 7) is 0.681. The minimum atomic E-state index is 0.218. The Bertz CT molecular complexity index is 406. The third kappa shape index (κ3) is 4.87. The molecule has 1 aromatic carbocycles. The smallest absolute Gasteiger partial charge is 0.223 e. The van der Waals surface area contributed by atoms with Crippen molar-refractivity contribution in [2.45, 2.75) is 51.4 Å². The Morgan fingerprint density at radius 1 is 1.05 bits per heavy atom. The highest BCUT2D eigenvalue weighted by Gasteiger charge is 2.18. The van der Waals surface area contributed by atoms with Gasteiger partial charge >= 0.3 is 0 Å². The molecule has 2 N–H and O–H groups in total. The van der Waals surface area contributed by atoms with Gasteiger partial charge in [0.15, 0.2) is 0 Å². The Labute approximate surface area is 121 Å². The highest BCUT2D eigenvalue weighted by Crippen LogP contribution is 2.22. The van der Waals surface area contributed by atoms with Crippen LogP contribution in [0.5, 0.6) is 5.75 Å². The van der Waals surface area contributed by atoms with Crippen molar-refractivity contribution in [3.63, 3.8) is 0 Å². The topological polar surface area (TPSA) is 49.3 Å². The lowest BCUT2D eigenvalue weighted by atomic mass is 9.90. The summed E-state index contributed by atoms with van der Waals surface area (Å²) in [6, 6.07) is 7.17. The maximum atomic E-state index is 12.2. The fourth-order valence-corrected chi connectivity index (χ4v) is 2.86. The molecule has 1 aromatic rings. The van der Waals surface area contributed by atoms with Crippen molar-refractivity contribution in [1.29, 1.82) is 0 Å². The van der Waals surface area contributed by atoms with Gasteiger partial charge in [-0.25, -0.2) is 0 Å². The van der Waals surface area contributed by atoms with Crippen molar-refractivity contribution in [2.75, 3.05) is 6.54 Å². The van der Waals surface area contributed by atoms with Crippen LogP contribution < -0.4 is 5.32 Å². The normalized spacial score (nSPS) is 17.2. The molecular weight excluding hydrogens is 250 g/mol. The molecule has 0 unspecified atom stereocenters. The number of phenols is 1. The third-order valence-corrected chi connectivity index (χ3v) is 4.13. The van der Waals surface area contributed by atoms with Gasteiger partial charge in [0.2, 0.25) is 5.91 Å². The molecule has 0 spiro atoms. The van der Waals surface area contributed by atoms with Crippen LogP contribution in [-0.4, -0.2) is 17.6 Å². The molecule has 2 rings (SSSR count). The number of amides is 1. The van der Waals surface area contributed by atoms with E-state index in [1.807, 2.05) is 12.1 Å². The van der Waals surface area contributed by atoms with Crippen molar-refractivity contribution < 1.29 is 9.90 Å². The standard InChI is InChI=1S/C17H25NO2/c19-16-10-8-14(9-11-16)12-13-18-17(20)15-6-4-2-1-3-5-7-15/h8-11,15,19H,1-7,12-13H2,(H,18,20). The average Bonchev–Trinajstić information content (AvgIpc) is 2.40. The van der Waals surface area contributed by atoms with Crippen LogP contribution in [0.1, 0.15) is 50.5 Å². The zero-order valence-electron chi connectivity index (χ0n) is 12.1. The summed E-state index contributed by atoms with van der Waals surface area (Å²) >= 11 is 0. The summed E-state index contributed by atoms with van der Waals surface area (Å²) in [5.74, 6) is 0.730. The van der Waals surface area contributed by atoms with Crippen LogP contribution in [0.15, 0.2) is 24.3 Å². The fraction of sp³-hybridized carbons (Fsp3) is 0.588. The fourth-order valence-electron chi connectivity index (χ4n) is 2.86. The number of aromatic hydroxyl groups is 1. The predicted octanol–water partition coefficient (Wildman–Crippen LogP) is 3.41. The first-order chi connectivity index (χ1) is 9.75. The van der Waals surface area contributed by atoms with Gasteiger partial charge in [0.25, 0.3) is 0 Å². The molecule has 0 saturated heterocycles. The van der Waals surface area contributed by atoms with Crippen LogP contribution in [0.2, 0.25) is 0 Å². The minimum Gasteiger partial charge on any atom is -0.508 e. The van der Waals surface area contributed by atoms with E-state index in [2.05, 4.69) is 5.32 Å². The lowest BCUT2D eigenvalue weighted by Gasteiger charge is -2.19. The van der Waals surface area contributed by atoms with Crippen molar-refractivity contribution in [1.82, 2.24) is 5.32 Å². The number of carbonyl (C=O) groups is 1. The summed E-state index contributed by atoms with van der Waals surface area (Å²) in [5.41, 5.74) is 1.14. The van der Waals surface area contributed by atoms with Gasteiger partial charge in [0.05, 0.1) is 0 Å². The van der Waals surface area contributed by atoms with E-state index in [1.54, 1.807) is 12.1 Å². The van der Waals surface area contributed by atoms with Gasteiger partial charge in [0, 0.05) is 12.5 Å². The molecule has 1 saturated carbocycles. The lowest BCUT2D eigenvalue weighted by molar-refractivity contribution is -0.125. The van der Waals surface area contributed by atoms with E-state index in [-0.39, 0.29) is 17.6 Å². The van der Waals surface area contributed by atoms with E-state index < -0.39 is 0 Å². The number of carbonyl (C=O) groups excluding carboxylic acids is 1. The number of benzene rings is 1. The molecule has 0 aromatic heterocycles. The second-order valence-electron chi connectivity index (χ2n) is 5.75. The number of rotatable bonds is 4. The van der Waals surface area contributed by atoms with Gasteiger partial charge in [-0.05, 0) is 37.0 Å². The van der Waals surface area contributed by atoms with Gasteiger partial charge in [-0.2, -0.15) is 0 Å². The Morgan fingerprint density at radius 2 is 1.65 bits per heavy atom. The van der Waals surface area contributed by atoms with Gasteiger partial charge in [-0.15, -0.1) is 0 Å². The molecule has 0 radical (unpaired) electrons. The first-order valence-electron chi connectivity index (χ1n) is 7.81. The predicted molar refractivity (Wildman–Crippen MR) is 80.6 cm³/mol. The summed E-state index contributed by atoms with van der Waals surface area (Å²) in [7, 11) is 0. The number of phenolic OH excluding ortho intramolecular Hbond substituents is 1. The molecule has 3 nitrogen and oxygen atoms in total. The van der Waals surface area contributed by atoms with Gasteiger partial charge in [-0.1, -0.05) is 44.2 Å². The molecule has 1 fully saturated rings. The van der Waals surface area contributed by atoms with Crippen LogP contribution in [0.4, 0.5) is 0 Å². The number of hydrogen-bond acceptors (Lipinski definition) is 2. The molecule has 20 heavy (non-hydrogen) atoms. The molecule has 0 heterocycles. The number of nitrogens with one attached hydrogen (secondary N) is 1. The Hall–Kier alpha value is -1.51. The summed E-state index contributed by atoms with van der Waals surface area (Å²) in [6.07, 6.45) is 9.17. The van der Waals surface area contributed by atoms with Gasteiger partial charge < -0.3 is 10.4 Å². The van der Waals surface area contributed by atoms with Crippen LogP contribution in [0.25, 0.3) is 0 Å². The van der Waals surface area contributed by atoms with E-state index in [0.717, 1.165) is 24.8 Å². The highest BCUT2D eigenvalue weighted by atomic mass is 16.3. The van der Waals surface area contributed by atoms with Gasteiger partial charge in [-0.3, -0.25) is 4.79 Å². The van der Waals surface area contributed by atoms with E-state index in [0.29, 0.717) is 6.54 Å². The molecule has 110 valence electrons. The van der Waals surface area contributed by atoms with Gasteiger partial charge in [0.1, 0.15) is 5.75 Å². The second-order valence-corrected chi connectivity index (χ2v) is 5.75. The largest absolute Gasteiger partial charge is 0.508 e. The first-order valence-corrected chi connectivity index (χ1v) is 7.81. The van der Waals surface area contributed by atoms with Crippen molar-refractivity contribution in [2.24, 2.45) is 5.92 Å².